The molecule has 0 radical (unpaired) electrons. The van der Waals surface area contributed by atoms with Crippen molar-refractivity contribution in [2.45, 2.75) is 13.8 Å². The Morgan fingerprint density at radius 3 is 2.46 bits per heavy atom. The molecule has 0 atom stereocenters. The molecule has 0 aliphatic carbocycles. The molecule has 0 amide bonds. The highest BCUT2D eigenvalue weighted by Gasteiger charge is 2.13. The summed E-state index contributed by atoms with van der Waals surface area (Å²) in [4.78, 5) is 16.8. The maximum absolute atomic E-state index is 10.3. The third-order valence-electron chi connectivity index (χ3n) is 1.16. The van der Waals surface area contributed by atoms with Crippen LogP contribution in [0.1, 0.15) is 13.8 Å². The van der Waals surface area contributed by atoms with E-state index in [1.54, 1.807) is 0 Å². The van der Waals surface area contributed by atoms with E-state index in [0.29, 0.717) is 12.5 Å². The van der Waals surface area contributed by atoms with Crippen molar-refractivity contribution in [1.82, 2.24) is 3.11 Å². The monoisotopic (exact) mass is 323 g/mol. The van der Waals surface area contributed by atoms with Crippen molar-refractivity contribution in [3.05, 3.63) is 0 Å². The summed E-state index contributed by atoms with van der Waals surface area (Å²) < 4.78 is 16.5. The first-order valence-electron chi connectivity index (χ1n) is 3.92. The first kappa shape index (κ1) is 13.8. The van der Waals surface area contributed by atoms with Gasteiger partial charge in [0.15, 0.2) is 0 Å². The van der Waals surface area contributed by atoms with Gasteiger partial charge in [-0.15, -0.1) is 0 Å². The predicted octanol–water partition coefficient (Wildman–Crippen LogP) is 1.40. The van der Waals surface area contributed by atoms with Crippen LogP contribution in [0.5, 0.6) is 0 Å². The lowest BCUT2D eigenvalue weighted by Gasteiger charge is -2.16. The third kappa shape index (κ3) is 10.7. The molecule has 0 fully saturated rings. The number of hydrogen-bond acceptors (Lipinski definition) is 3. The summed E-state index contributed by atoms with van der Waals surface area (Å²) in [7, 11) is -4.29. The fraction of sp³-hybridized carbons (Fsp3) is 1.00. The van der Waals surface area contributed by atoms with E-state index in [4.69, 9.17) is 9.79 Å². The summed E-state index contributed by atoms with van der Waals surface area (Å²) in [5.41, 5.74) is 0. The van der Waals surface area contributed by atoms with E-state index in [9.17, 15) is 4.57 Å². The van der Waals surface area contributed by atoms with Crippen LogP contribution in [0.2, 0.25) is 0 Å². The normalized spacial score (nSPS) is 12.8. The van der Waals surface area contributed by atoms with Gasteiger partial charge >= 0.3 is 7.82 Å². The summed E-state index contributed by atoms with van der Waals surface area (Å²) in [6.07, 6.45) is 0. The molecule has 5 nitrogen and oxygen atoms in total. The molecule has 0 aromatic heterocycles. The van der Waals surface area contributed by atoms with Gasteiger partial charge in [-0.3, -0.25) is 4.52 Å². The Morgan fingerprint density at radius 2 is 2.08 bits per heavy atom. The quantitative estimate of drug-likeness (QED) is 0.439. The van der Waals surface area contributed by atoms with E-state index in [1.165, 1.54) is 0 Å². The minimum atomic E-state index is -4.29. The van der Waals surface area contributed by atoms with Gasteiger partial charge in [0.25, 0.3) is 0 Å². The molecule has 0 aromatic rings. The fourth-order valence-corrected chi connectivity index (χ4v) is 2.05. The van der Waals surface area contributed by atoms with Gasteiger partial charge in [0.1, 0.15) is 0 Å². The zero-order chi connectivity index (χ0) is 10.5. The number of nitrogens with zero attached hydrogens (tertiary/aromatic N) is 1. The Bertz CT molecular complexity index is 183. The van der Waals surface area contributed by atoms with Crippen LogP contribution in [-0.4, -0.2) is 32.6 Å². The Kier molecular flexibility index (Phi) is 6.70. The molecular formula is C6H15INO4P. The predicted molar refractivity (Wildman–Crippen MR) is 58.4 cm³/mol. The molecule has 0 aliphatic rings. The molecule has 0 saturated heterocycles. The van der Waals surface area contributed by atoms with Crippen LogP contribution in [0.3, 0.4) is 0 Å². The SMILES string of the molecule is CC(C)CN(I)CCOP(=O)(O)O. The average molecular weight is 323 g/mol. The zero-order valence-electron chi connectivity index (χ0n) is 7.68. The molecule has 0 heterocycles. The maximum Gasteiger partial charge on any atom is 0.469 e. The molecule has 80 valence electrons. The van der Waals surface area contributed by atoms with Gasteiger partial charge in [0.05, 0.1) is 6.61 Å². The van der Waals surface area contributed by atoms with Gasteiger partial charge in [-0.25, -0.2) is 7.68 Å². The van der Waals surface area contributed by atoms with Crippen molar-refractivity contribution < 1.29 is 18.9 Å². The van der Waals surface area contributed by atoms with E-state index >= 15 is 0 Å². The summed E-state index contributed by atoms with van der Waals surface area (Å²) in [6.45, 7) is 5.61. The van der Waals surface area contributed by atoms with E-state index in [-0.39, 0.29) is 6.61 Å². The number of phosphoric ester groups is 1. The highest BCUT2D eigenvalue weighted by molar-refractivity contribution is 14.1. The Hall–Kier alpha value is 0.800. The highest BCUT2D eigenvalue weighted by atomic mass is 127. The summed E-state index contributed by atoms with van der Waals surface area (Å²) >= 11 is 2.11. The van der Waals surface area contributed by atoms with Gasteiger partial charge < -0.3 is 9.79 Å². The van der Waals surface area contributed by atoms with E-state index in [1.807, 2.05) is 3.11 Å². The Balaban J connectivity index is 3.48. The van der Waals surface area contributed by atoms with Crippen molar-refractivity contribution in [3.63, 3.8) is 0 Å². The molecule has 0 rings (SSSR count). The largest absolute Gasteiger partial charge is 0.469 e. The van der Waals surface area contributed by atoms with Crippen molar-refractivity contribution in [3.8, 4) is 0 Å². The lowest BCUT2D eigenvalue weighted by molar-refractivity contribution is 0.188. The van der Waals surface area contributed by atoms with E-state index in [0.717, 1.165) is 6.54 Å². The fourth-order valence-electron chi connectivity index (χ4n) is 0.746. The standard InChI is InChI=1S/C6H15INO4P/c1-6(2)5-8(7)3-4-12-13(9,10)11/h6H,3-5H2,1-2H3,(H2,9,10,11). The molecule has 13 heavy (non-hydrogen) atoms. The molecular weight excluding hydrogens is 308 g/mol. The molecule has 0 aliphatic heterocycles. The van der Waals surface area contributed by atoms with Crippen LogP contribution < -0.4 is 0 Å². The lowest BCUT2D eigenvalue weighted by atomic mass is 10.2. The van der Waals surface area contributed by atoms with Gasteiger partial charge in [0, 0.05) is 36.0 Å². The second-order valence-corrected chi connectivity index (χ2v) is 5.69. The van der Waals surface area contributed by atoms with Crippen molar-refractivity contribution >= 4 is 30.7 Å². The molecule has 0 aromatic carbocycles. The van der Waals surface area contributed by atoms with E-state index in [2.05, 4.69) is 41.2 Å². The van der Waals surface area contributed by atoms with Gasteiger partial charge in [-0.05, 0) is 5.92 Å². The van der Waals surface area contributed by atoms with Crippen molar-refractivity contribution in [2.75, 3.05) is 19.7 Å². The average Bonchev–Trinajstić information content (AvgIpc) is 1.81. The smallest absolute Gasteiger partial charge is 0.303 e. The van der Waals surface area contributed by atoms with E-state index < -0.39 is 7.82 Å². The second kappa shape index (κ2) is 6.31. The molecule has 0 unspecified atom stereocenters. The first-order chi connectivity index (χ1) is 5.81. The number of phosphoric acid groups is 1. The minimum absolute atomic E-state index is 0.0555. The Morgan fingerprint density at radius 1 is 1.54 bits per heavy atom. The Labute approximate surface area is 92.2 Å². The number of halogens is 1. The highest BCUT2D eigenvalue weighted by Crippen LogP contribution is 2.35. The summed E-state index contributed by atoms with van der Waals surface area (Å²) in [6, 6.07) is 0. The number of hydrogen-bond donors (Lipinski definition) is 2. The molecule has 0 spiro atoms. The van der Waals surface area contributed by atoms with Gasteiger partial charge in [-0.2, -0.15) is 0 Å². The summed E-state index contributed by atoms with van der Waals surface area (Å²) in [5, 5.41) is 0. The van der Waals surface area contributed by atoms with Gasteiger partial charge in [0.2, 0.25) is 0 Å². The zero-order valence-corrected chi connectivity index (χ0v) is 10.7. The van der Waals surface area contributed by atoms with Crippen LogP contribution in [0.25, 0.3) is 0 Å². The maximum atomic E-state index is 10.3. The van der Waals surface area contributed by atoms with Crippen LogP contribution in [0, 0.1) is 5.92 Å². The lowest BCUT2D eigenvalue weighted by Crippen LogP contribution is -2.21. The first-order valence-corrected chi connectivity index (χ1v) is 6.41. The molecule has 0 saturated carbocycles. The molecule has 2 N–H and O–H groups in total. The van der Waals surface area contributed by atoms with Crippen LogP contribution in [-0.2, 0) is 9.09 Å². The van der Waals surface area contributed by atoms with Crippen molar-refractivity contribution in [2.24, 2.45) is 5.92 Å². The summed E-state index contributed by atoms with van der Waals surface area (Å²) in [5.74, 6) is 0.534. The molecule has 7 heteroatoms. The van der Waals surface area contributed by atoms with Gasteiger partial charge in [-0.1, -0.05) is 13.8 Å². The topological polar surface area (TPSA) is 70.0 Å². The van der Waals surface area contributed by atoms with Crippen LogP contribution >= 0.6 is 30.7 Å². The van der Waals surface area contributed by atoms with Crippen LogP contribution in [0.15, 0.2) is 0 Å². The minimum Gasteiger partial charge on any atom is -0.303 e. The molecule has 0 bridgehead atoms. The number of rotatable bonds is 6. The second-order valence-electron chi connectivity index (χ2n) is 3.09. The van der Waals surface area contributed by atoms with Crippen molar-refractivity contribution in [1.29, 1.82) is 0 Å². The van der Waals surface area contributed by atoms with Crippen LogP contribution in [0.4, 0.5) is 0 Å². The third-order valence-corrected chi connectivity index (χ3v) is 2.55.